The normalized spacial score (nSPS) is 16.3. The lowest BCUT2D eigenvalue weighted by molar-refractivity contribution is -0.122. The van der Waals surface area contributed by atoms with Crippen LogP contribution in [-0.4, -0.2) is 36.5 Å². The number of halogens is 1. The van der Waals surface area contributed by atoms with Crippen LogP contribution < -0.4 is 10.2 Å². The van der Waals surface area contributed by atoms with E-state index < -0.39 is 17.8 Å². The largest absolute Gasteiger partial charge is 0.505 e. The molecule has 1 aliphatic heterocycles. The van der Waals surface area contributed by atoms with E-state index in [1.807, 2.05) is 18.2 Å². The topological polar surface area (TPSA) is 95.9 Å². The minimum absolute atomic E-state index is 0.0485. The zero-order valence-electron chi connectivity index (χ0n) is 14.4. The van der Waals surface area contributed by atoms with E-state index in [9.17, 15) is 19.5 Å². The Hall–Kier alpha value is -2.87. The predicted molar refractivity (Wildman–Crippen MR) is 103 cm³/mol. The van der Waals surface area contributed by atoms with Crippen molar-refractivity contribution < 1.29 is 24.2 Å². The van der Waals surface area contributed by atoms with Crippen molar-refractivity contribution in [2.24, 2.45) is 5.92 Å². The number of para-hydroxylation sites is 2. The second-order valence-corrected chi connectivity index (χ2v) is 6.89. The molecule has 1 aliphatic rings. The molecule has 8 heteroatoms. The first kappa shape index (κ1) is 18.9. The Bertz CT molecular complexity index is 915. The minimum atomic E-state index is -0.709. The van der Waals surface area contributed by atoms with Crippen LogP contribution in [0.25, 0.3) is 0 Å². The highest BCUT2D eigenvalue weighted by Gasteiger charge is 2.36. The minimum Gasteiger partial charge on any atom is -0.505 e. The smallest absolute Gasteiger partial charge is 0.341 e. The highest BCUT2D eigenvalue weighted by Crippen LogP contribution is 2.33. The Balaban J connectivity index is 1.76. The molecule has 7 nitrogen and oxygen atoms in total. The molecule has 1 heterocycles. The molecule has 0 spiro atoms. The fourth-order valence-corrected chi connectivity index (χ4v) is 3.44. The summed E-state index contributed by atoms with van der Waals surface area (Å²) in [5, 5.41) is 12.8. The third kappa shape index (κ3) is 3.80. The first-order chi connectivity index (χ1) is 12.9. The van der Waals surface area contributed by atoms with E-state index >= 15 is 0 Å². The van der Waals surface area contributed by atoms with Gasteiger partial charge in [-0.3, -0.25) is 9.59 Å². The number of carbonyl (C=O) groups excluding carboxylic acids is 3. The average Bonchev–Trinajstić information content (AvgIpc) is 3.05. The molecule has 27 heavy (non-hydrogen) atoms. The first-order valence-electron chi connectivity index (χ1n) is 8.18. The quantitative estimate of drug-likeness (QED) is 0.571. The third-order valence-electron chi connectivity index (χ3n) is 4.34. The number of methoxy groups -OCH3 is 1. The van der Waals surface area contributed by atoms with Gasteiger partial charge >= 0.3 is 5.97 Å². The number of amides is 2. The van der Waals surface area contributed by atoms with Crippen molar-refractivity contribution in [2.45, 2.75) is 6.42 Å². The lowest BCUT2D eigenvalue weighted by Gasteiger charge is -2.18. The van der Waals surface area contributed by atoms with Crippen LogP contribution in [0.2, 0.25) is 0 Å². The van der Waals surface area contributed by atoms with Crippen LogP contribution in [0.4, 0.5) is 11.4 Å². The fourth-order valence-electron chi connectivity index (χ4n) is 2.94. The number of benzene rings is 2. The zero-order valence-corrected chi connectivity index (χ0v) is 16.0. The van der Waals surface area contributed by atoms with E-state index in [0.29, 0.717) is 5.69 Å². The lowest BCUT2D eigenvalue weighted by atomic mass is 10.1. The maximum Gasteiger partial charge on any atom is 0.341 e. The summed E-state index contributed by atoms with van der Waals surface area (Å²) in [5.41, 5.74) is 0.746. The fraction of sp³-hybridized carbons (Fsp3) is 0.211. The number of hydrogen-bond donors (Lipinski definition) is 2. The van der Waals surface area contributed by atoms with Crippen LogP contribution in [0.1, 0.15) is 16.8 Å². The van der Waals surface area contributed by atoms with Crippen LogP contribution in [0, 0.1) is 5.92 Å². The maximum atomic E-state index is 12.6. The highest BCUT2D eigenvalue weighted by molar-refractivity contribution is 9.10. The van der Waals surface area contributed by atoms with Gasteiger partial charge in [0.2, 0.25) is 11.8 Å². The second-order valence-electron chi connectivity index (χ2n) is 6.04. The number of carbonyl (C=O) groups is 3. The third-order valence-corrected chi connectivity index (χ3v) is 5.01. The number of hydrogen-bond acceptors (Lipinski definition) is 5. The van der Waals surface area contributed by atoms with Crippen molar-refractivity contribution in [2.75, 3.05) is 23.9 Å². The summed E-state index contributed by atoms with van der Waals surface area (Å²) in [5.74, 6) is -2.22. The van der Waals surface area contributed by atoms with Crippen molar-refractivity contribution in [1.82, 2.24) is 0 Å². The van der Waals surface area contributed by atoms with Gasteiger partial charge in [-0.05, 0) is 40.2 Å². The Kier molecular flexibility index (Phi) is 5.46. The zero-order chi connectivity index (χ0) is 19.6. The molecule has 2 aromatic rings. The first-order valence-corrected chi connectivity index (χ1v) is 8.97. The number of esters is 1. The Labute approximate surface area is 164 Å². The molecular weight excluding hydrogens is 416 g/mol. The van der Waals surface area contributed by atoms with Gasteiger partial charge in [0.25, 0.3) is 0 Å². The van der Waals surface area contributed by atoms with Crippen molar-refractivity contribution in [3.63, 3.8) is 0 Å². The molecule has 140 valence electrons. The van der Waals surface area contributed by atoms with Gasteiger partial charge in [-0.2, -0.15) is 0 Å². The number of anilines is 2. The number of rotatable bonds is 4. The molecule has 0 saturated carbocycles. The van der Waals surface area contributed by atoms with E-state index in [1.165, 1.54) is 25.3 Å². The van der Waals surface area contributed by atoms with E-state index in [1.54, 1.807) is 11.0 Å². The van der Waals surface area contributed by atoms with Gasteiger partial charge in [-0.1, -0.05) is 18.2 Å². The van der Waals surface area contributed by atoms with Crippen molar-refractivity contribution in [3.8, 4) is 5.75 Å². The van der Waals surface area contributed by atoms with Crippen LogP contribution >= 0.6 is 15.9 Å². The van der Waals surface area contributed by atoms with Gasteiger partial charge in [0.05, 0.1) is 24.4 Å². The van der Waals surface area contributed by atoms with Crippen molar-refractivity contribution in [3.05, 3.63) is 52.5 Å². The van der Waals surface area contributed by atoms with Gasteiger partial charge in [-0.15, -0.1) is 0 Å². The second kappa shape index (κ2) is 7.79. The molecule has 1 fully saturated rings. The molecule has 0 radical (unpaired) electrons. The van der Waals surface area contributed by atoms with Gasteiger partial charge in [0, 0.05) is 17.4 Å². The average molecular weight is 433 g/mol. The standard InChI is InChI=1S/C19H17BrN2O5/c1-27-19(26)12-5-4-7-14(17(12)24)21-18(25)11-9-16(23)22(10-11)15-8-3-2-6-13(15)20/h2-8,11,24H,9-10H2,1H3,(H,21,25). The van der Waals surface area contributed by atoms with E-state index in [4.69, 9.17) is 0 Å². The molecule has 3 rings (SSSR count). The molecule has 1 unspecified atom stereocenters. The van der Waals surface area contributed by atoms with Crippen molar-refractivity contribution in [1.29, 1.82) is 0 Å². The molecule has 1 atom stereocenters. The number of phenols is 1. The number of nitrogens with one attached hydrogen (secondary N) is 1. The Morgan fingerprint density at radius 3 is 2.67 bits per heavy atom. The molecule has 0 aromatic heterocycles. The van der Waals surface area contributed by atoms with Crippen LogP contribution in [0.15, 0.2) is 46.9 Å². The Morgan fingerprint density at radius 1 is 1.22 bits per heavy atom. The van der Waals surface area contributed by atoms with E-state index in [-0.39, 0.29) is 35.9 Å². The molecular formula is C19H17BrN2O5. The summed E-state index contributed by atoms with van der Waals surface area (Å²) in [6.07, 6.45) is 0.0601. The summed E-state index contributed by atoms with van der Waals surface area (Å²) < 4.78 is 5.36. The number of ether oxygens (including phenoxy) is 1. The van der Waals surface area contributed by atoms with Gasteiger partial charge in [0.15, 0.2) is 5.75 Å². The van der Waals surface area contributed by atoms with Gasteiger partial charge in [-0.25, -0.2) is 4.79 Å². The molecule has 2 aromatic carbocycles. The SMILES string of the molecule is COC(=O)c1cccc(NC(=O)C2CC(=O)N(c3ccccc3Br)C2)c1O. The summed E-state index contributed by atoms with van der Waals surface area (Å²) in [6, 6.07) is 11.7. The monoisotopic (exact) mass is 432 g/mol. The van der Waals surface area contributed by atoms with Crippen LogP contribution in [-0.2, 0) is 14.3 Å². The Morgan fingerprint density at radius 2 is 1.96 bits per heavy atom. The predicted octanol–water partition coefficient (Wildman–Crippen LogP) is 2.93. The molecule has 0 bridgehead atoms. The van der Waals surface area contributed by atoms with E-state index in [0.717, 1.165) is 4.47 Å². The number of phenolic OH excluding ortho intramolecular Hbond substituents is 1. The lowest BCUT2D eigenvalue weighted by Crippen LogP contribution is -2.28. The number of nitrogens with zero attached hydrogens (tertiary/aromatic N) is 1. The van der Waals surface area contributed by atoms with Crippen molar-refractivity contribution >= 4 is 45.1 Å². The molecule has 0 aliphatic carbocycles. The molecule has 2 amide bonds. The summed E-state index contributed by atoms with van der Waals surface area (Å²) in [4.78, 5) is 38.2. The number of aromatic hydroxyl groups is 1. The summed E-state index contributed by atoms with van der Waals surface area (Å²) >= 11 is 3.41. The summed E-state index contributed by atoms with van der Waals surface area (Å²) in [6.45, 7) is 0.227. The van der Waals surface area contributed by atoms with E-state index in [2.05, 4.69) is 26.0 Å². The highest BCUT2D eigenvalue weighted by atomic mass is 79.9. The molecule has 1 saturated heterocycles. The maximum absolute atomic E-state index is 12.6. The van der Waals surface area contributed by atoms with Crippen LogP contribution in [0.5, 0.6) is 5.75 Å². The van der Waals surface area contributed by atoms with Gasteiger partial charge < -0.3 is 20.1 Å². The molecule has 2 N–H and O–H groups in total. The van der Waals surface area contributed by atoms with Gasteiger partial charge in [0.1, 0.15) is 5.56 Å². The van der Waals surface area contributed by atoms with Crippen LogP contribution in [0.3, 0.4) is 0 Å². The summed E-state index contributed by atoms with van der Waals surface area (Å²) in [7, 11) is 1.20.